The Bertz CT molecular complexity index is 1180. The Balaban J connectivity index is 1.18. The molecule has 0 saturated carbocycles. The van der Waals surface area contributed by atoms with Gasteiger partial charge in [0.15, 0.2) is 0 Å². The molecule has 2 aliphatic heterocycles. The maximum atomic E-state index is 13.2. The molecule has 166 valence electrons. The largest absolute Gasteiger partial charge is 0.369 e. The number of carbonyl (C=O) groups is 2. The number of aryl methyl sites for hydroxylation is 1. The van der Waals surface area contributed by atoms with Crippen molar-refractivity contribution in [3.8, 4) is 0 Å². The van der Waals surface area contributed by atoms with Gasteiger partial charge in [0.25, 0.3) is 5.91 Å². The van der Waals surface area contributed by atoms with Gasteiger partial charge in [0, 0.05) is 66.9 Å². The highest BCUT2D eigenvalue weighted by Crippen LogP contribution is 2.30. The fourth-order valence-corrected chi connectivity index (χ4v) is 5.18. The second-order valence-corrected chi connectivity index (χ2v) is 9.03. The summed E-state index contributed by atoms with van der Waals surface area (Å²) in [6, 6.07) is 15.9. The Labute approximate surface area is 192 Å². The maximum absolute atomic E-state index is 13.2. The molecule has 3 heterocycles. The van der Waals surface area contributed by atoms with Gasteiger partial charge in [-0.2, -0.15) is 0 Å². The lowest BCUT2D eigenvalue weighted by molar-refractivity contribution is -0.128. The first kappa shape index (κ1) is 21.0. The topological polar surface area (TPSA) is 48.8 Å². The number of hydrogen-bond donors (Lipinski definition) is 0. The number of aromatic nitrogens is 1. The smallest absolute Gasteiger partial charge is 0.277 e. The minimum atomic E-state index is -0.166. The van der Waals surface area contributed by atoms with Crippen molar-refractivity contribution in [2.45, 2.75) is 12.8 Å². The normalized spacial score (nSPS) is 17.3. The minimum Gasteiger partial charge on any atom is -0.369 e. The second-order valence-electron chi connectivity index (χ2n) is 8.59. The Kier molecular flexibility index (Phi) is 5.66. The molecule has 0 N–H and O–H groups in total. The van der Waals surface area contributed by atoms with Crippen LogP contribution in [-0.2, 0) is 18.3 Å². The molecule has 1 saturated heterocycles. The van der Waals surface area contributed by atoms with Gasteiger partial charge in [0.2, 0.25) is 5.91 Å². The van der Waals surface area contributed by atoms with Crippen molar-refractivity contribution < 1.29 is 9.59 Å². The number of halogens is 1. The van der Waals surface area contributed by atoms with Crippen LogP contribution in [0.1, 0.15) is 22.5 Å². The molecule has 0 bridgehead atoms. The summed E-state index contributed by atoms with van der Waals surface area (Å²) in [5, 5.41) is 1.76. The Morgan fingerprint density at radius 1 is 0.938 bits per heavy atom. The molecule has 32 heavy (non-hydrogen) atoms. The maximum Gasteiger partial charge on any atom is 0.277 e. The van der Waals surface area contributed by atoms with Gasteiger partial charge in [-0.3, -0.25) is 19.4 Å². The van der Waals surface area contributed by atoms with E-state index in [9.17, 15) is 9.59 Å². The van der Waals surface area contributed by atoms with Crippen molar-refractivity contribution >= 4 is 40.0 Å². The number of fused-ring (bicyclic) bond motifs is 3. The van der Waals surface area contributed by atoms with Gasteiger partial charge in [0.05, 0.1) is 6.42 Å². The van der Waals surface area contributed by atoms with E-state index in [1.807, 2.05) is 54.1 Å². The number of rotatable bonds is 5. The molecule has 7 heteroatoms. The number of para-hydroxylation sites is 1. The molecule has 0 aliphatic carbocycles. The number of nitrogens with zero attached hydrogens (tertiary/aromatic N) is 4. The van der Waals surface area contributed by atoms with E-state index < -0.39 is 0 Å². The molecule has 0 spiro atoms. The zero-order valence-electron chi connectivity index (χ0n) is 18.3. The third kappa shape index (κ3) is 3.78. The first-order chi connectivity index (χ1) is 15.5. The van der Waals surface area contributed by atoms with Crippen molar-refractivity contribution in [1.82, 2.24) is 14.4 Å². The fourth-order valence-electron chi connectivity index (χ4n) is 4.99. The van der Waals surface area contributed by atoms with Gasteiger partial charge in [-0.05, 0) is 37.2 Å². The van der Waals surface area contributed by atoms with E-state index in [0.717, 1.165) is 66.3 Å². The summed E-state index contributed by atoms with van der Waals surface area (Å²) in [6.45, 7) is 5.15. The van der Waals surface area contributed by atoms with Crippen LogP contribution in [0.4, 0.5) is 5.69 Å². The standard InChI is InChI=1S/C25H27ClN4O2/c1-27-22-9-3-2-8-20(22)21-17-23(31)30(25(32)24(21)27)11-5-10-28-12-14-29(15-13-28)19-7-4-6-18(26)16-19/h2-4,6-9,16H,5,10-15,17H2,1H3. The molecule has 2 aromatic carbocycles. The molecule has 0 unspecified atom stereocenters. The van der Waals surface area contributed by atoms with Crippen LogP contribution in [0.2, 0.25) is 5.02 Å². The number of hydrogen-bond acceptors (Lipinski definition) is 4. The first-order valence-corrected chi connectivity index (χ1v) is 11.5. The Morgan fingerprint density at radius 3 is 2.50 bits per heavy atom. The molecule has 1 fully saturated rings. The number of anilines is 1. The Morgan fingerprint density at radius 2 is 1.72 bits per heavy atom. The van der Waals surface area contributed by atoms with Gasteiger partial charge in [-0.1, -0.05) is 35.9 Å². The zero-order valence-corrected chi connectivity index (χ0v) is 19.0. The van der Waals surface area contributed by atoms with Crippen LogP contribution in [0.15, 0.2) is 48.5 Å². The molecule has 0 atom stereocenters. The van der Waals surface area contributed by atoms with E-state index in [1.54, 1.807) is 0 Å². The van der Waals surface area contributed by atoms with Gasteiger partial charge < -0.3 is 9.47 Å². The third-order valence-electron chi connectivity index (χ3n) is 6.69. The summed E-state index contributed by atoms with van der Waals surface area (Å²) in [5.74, 6) is -0.259. The van der Waals surface area contributed by atoms with Crippen molar-refractivity contribution in [1.29, 1.82) is 0 Å². The summed E-state index contributed by atoms with van der Waals surface area (Å²) in [6.07, 6.45) is 1.08. The number of carbonyl (C=O) groups excluding carboxylic acids is 2. The summed E-state index contributed by atoms with van der Waals surface area (Å²) in [4.78, 5) is 32.2. The van der Waals surface area contributed by atoms with E-state index in [2.05, 4.69) is 15.9 Å². The highest BCUT2D eigenvalue weighted by molar-refractivity contribution is 6.30. The van der Waals surface area contributed by atoms with Crippen LogP contribution in [0, 0.1) is 0 Å². The summed E-state index contributed by atoms with van der Waals surface area (Å²) in [7, 11) is 1.91. The first-order valence-electron chi connectivity index (χ1n) is 11.2. The molecule has 2 amide bonds. The molecule has 3 aromatic rings. The molecule has 2 aliphatic rings. The lowest BCUT2D eigenvalue weighted by atomic mass is 10.0. The SMILES string of the molecule is Cn1c2c(c3ccccc31)CC(=O)N(CCCN1CCN(c3cccc(Cl)c3)CC1)C2=O. The van der Waals surface area contributed by atoms with E-state index in [0.29, 0.717) is 18.7 Å². The second kappa shape index (κ2) is 8.60. The van der Waals surface area contributed by atoms with Gasteiger partial charge >= 0.3 is 0 Å². The fraction of sp³-hybridized carbons (Fsp3) is 0.360. The summed E-state index contributed by atoms with van der Waals surface area (Å²) < 4.78 is 1.93. The van der Waals surface area contributed by atoms with E-state index in [1.165, 1.54) is 4.90 Å². The van der Waals surface area contributed by atoms with Crippen molar-refractivity contribution in [2.24, 2.45) is 7.05 Å². The highest BCUT2D eigenvalue weighted by Gasteiger charge is 2.35. The van der Waals surface area contributed by atoms with Crippen molar-refractivity contribution in [3.05, 3.63) is 64.8 Å². The summed E-state index contributed by atoms with van der Waals surface area (Å²) >= 11 is 6.12. The van der Waals surface area contributed by atoms with Crippen LogP contribution < -0.4 is 4.90 Å². The predicted molar refractivity (Wildman–Crippen MR) is 127 cm³/mol. The molecule has 5 rings (SSSR count). The number of amides is 2. The quantitative estimate of drug-likeness (QED) is 0.557. The third-order valence-corrected chi connectivity index (χ3v) is 6.93. The van der Waals surface area contributed by atoms with Crippen LogP contribution in [0.5, 0.6) is 0 Å². The lowest BCUT2D eigenvalue weighted by Crippen LogP contribution is -2.48. The zero-order chi connectivity index (χ0) is 22.2. The van der Waals surface area contributed by atoms with Gasteiger partial charge in [-0.15, -0.1) is 0 Å². The minimum absolute atomic E-state index is 0.0929. The number of benzene rings is 2. The Hall–Kier alpha value is -2.83. The van der Waals surface area contributed by atoms with Crippen LogP contribution in [-0.4, -0.2) is 65.4 Å². The van der Waals surface area contributed by atoms with E-state index in [-0.39, 0.29) is 11.8 Å². The number of piperazine rings is 1. The average Bonchev–Trinajstić information content (AvgIpc) is 3.08. The average molecular weight is 451 g/mol. The molecular formula is C25H27ClN4O2. The lowest BCUT2D eigenvalue weighted by Gasteiger charge is -2.36. The van der Waals surface area contributed by atoms with Crippen molar-refractivity contribution in [3.63, 3.8) is 0 Å². The molecule has 0 radical (unpaired) electrons. The molecule has 1 aromatic heterocycles. The van der Waals surface area contributed by atoms with Crippen LogP contribution >= 0.6 is 11.6 Å². The molecule has 6 nitrogen and oxygen atoms in total. The van der Waals surface area contributed by atoms with Gasteiger partial charge in [0.1, 0.15) is 5.69 Å². The number of imide groups is 1. The summed E-state index contributed by atoms with van der Waals surface area (Å²) in [5.41, 5.74) is 3.68. The van der Waals surface area contributed by atoms with Crippen LogP contribution in [0.25, 0.3) is 10.9 Å². The van der Waals surface area contributed by atoms with Crippen LogP contribution in [0.3, 0.4) is 0 Å². The van der Waals surface area contributed by atoms with Crippen molar-refractivity contribution in [2.75, 3.05) is 44.2 Å². The molecular weight excluding hydrogens is 424 g/mol. The van der Waals surface area contributed by atoms with E-state index >= 15 is 0 Å². The van der Waals surface area contributed by atoms with E-state index in [4.69, 9.17) is 11.6 Å². The predicted octanol–water partition coefficient (Wildman–Crippen LogP) is 3.57. The van der Waals surface area contributed by atoms with Gasteiger partial charge in [-0.25, -0.2) is 0 Å². The highest BCUT2D eigenvalue weighted by atomic mass is 35.5. The monoisotopic (exact) mass is 450 g/mol.